The van der Waals surface area contributed by atoms with E-state index in [9.17, 15) is 26.3 Å². The van der Waals surface area contributed by atoms with Crippen molar-refractivity contribution in [2.45, 2.75) is 24.9 Å². The first-order chi connectivity index (χ1) is 13.5. The summed E-state index contributed by atoms with van der Waals surface area (Å²) in [5.41, 5.74) is -4.40. The van der Waals surface area contributed by atoms with Crippen LogP contribution in [0.1, 0.15) is 16.7 Å². The van der Waals surface area contributed by atoms with Crippen molar-refractivity contribution in [2.24, 2.45) is 9.98 Å². The molecule has 154 valence electrons. The standard InChI is InChI=1S/C19H14F6N2O2/c1-11-5-3-4-6-14(11)16-27-17(18(20,21)22,19(23,24)25)26-15(29-16)12-7-9-13(28-2)10-8-12/h3-10H,1-2H3. The van der Waals surface area contributed by atoms with Crippen LogP contribution in [0.4, 0.5) is 26.3 Å². The van der Waals surface area contributed by atoms with E-state index in [0.717, 1.165) is 0 Å². The molecule has 0 aliphatic carbocycles. The number of methoxy groups -OCH3 is 1. The summed E-state index contributed by atoms with van der Waals surface area (Å²) in [5.74, 6) is -1.31. The zero-order valence-corrected chi connectivity index (χ0v) is 15.1. The lowest BCUT2D eigenvalue weighted by atomic mass is 10.1. The van der Waals surface area contributed by atoms with Gasteiger partial charge in [-0.15, -0.1) is 0 Å². The number of alkyl halides is 6. The Morgan fingerprint density at radius 1 is 0.828 bits per heavy atom. The van der Waals surface area contributed by atoms with Gasteiger partial charge in [-0.25, -0.2) is 9.98 Å². The molecule has 29 heavy (non-hydrogen) atoms. The van der Waals surface area contributed by atoms with Crippen LogP contribution in [0.15, 0.2) is 58.5 Å². The number of nitrogens with zero attached hydrogens (tertiary/aromatic N) is 2. The van der Waals surface area contributed by atoms with Gasteiger partial charge in [0, 0.05) is 11.1 Å². The van der Waals surface area contributed by atoms with E-state index in [2.05, 4.69) is 9.98 Å². The van der Waals surface area contributed by atoms with E-state index in [1.807, 2.05) is 0 Å². The third-order valence-corrected chi connectivity index (χ3v) is 4.22. The second-order valence-corrected chi connectivity index (χ2v) is 6.15. The summed E-state index contributed by atoms with van der Waals surface area (Å²) in [5, 5.41) is 0. The van der Waals surface area contributed by atoms with Gasteiger partial charge in [-0.3, -0.25) is 0 Å². The monoisotopic (exact) mass is 416 g/mol. The SMILES string of the molecule is COc1ccc(C2=NC(C(F)(F)F)(C(F)(F)F)N=C(c3ccccc3C)O2)cc1. The topological polar surface area (TPSA) is 43.2 Å². The van der Waals surface area contributed by atoms with Crippen LogP contribution in [-0.2, 0) is 4.74 Å². The number of aryl methyl sites for hydroxylation is 1. The molecule has 3 rings (SSSR count). The summed E-state index contributed by atoms with van der Waals surface area (Å²) in [4.78, 5) is 5.83. The minimum absolute atomic E-state index is 0.00807. The van der Waals surface area contributed by atoms with E-state index in [1.165, 1.54) is 56.5 Å². The highest BCUT2D eigenvalue weighted by molar-refractivity contribution is 6.09. The van der Waals surface area contributed by atoms with Crippen LogP contribution in [0.3, 0.4) is 0 Å². The fraction of sp³-hybridized carbons (Fsp3) is 0.263. The third kappa shape index (κ3) is 3.66. The molecule has 0 spiro atoms. The Bertz CT molecular complexity index is 948. The van der Waals surface area contributed by atoms with Gasteiger partial charge in [0.25, 0.3) is 0 Å². The molecular formula is C19H14F6N2O2. The molecular weight excluding hydrogens is 402 g/mol. The van der Waals surface area contributed by atoms with E-state index < -0.39 is 29.8 Å². The first-order valence-corrected chi connectivity index (χ1v) is 8.20. The minimum Gasteiger partial charge on any atom is -0.497 e. The molecule has 0 atom stereocenters. The van der Waals surface area contributed by atoms with Crippen molar-refractivity contribution < 1.29 is 35.8 Å². The molecule has 0 unspecified atom stereocenters. The Hall–Kier alpha value is -3.04. The van der Waals surface area contributed by atoms with Gasteiger partial charge >= 0.3 is 18.0 Å². The van der Waals surface area contributed by atoms with Crippen LogP contribution in [0.2, 0.25) is 0 Å². The van der Waals surface area contributed by atoms with E-state index in [0.29, 0.717) is 11.3 Å². The Balaban J connectivity index is 2.25. The van der Waals surface area contributed by atoms with Crippen LogP contribution in [0.25, 0.3) is 0 Å². The average Bonchev–Trinajstić information content (AvgIpc) is 2.66. The summed E-state index contributed by atoms with van der Waals surface area (Å²) in [6, 6.07) is 11.1. The lowest BCUT2D eigenvalue weighted by Crippen LogP contribution is -2.56. The largest absolute Gasteiger partial charge is 0.497 e. The van der Waals surface area contributed by atoms with Crippen molar-refractivity contribution >= 4 is 11.8 Å². The zero-order chi connectivity index (χ0) is 21.4. The molecule has 0 N–H and O–H groups in total. The Kier molecular flexibility index (Phi) is 5.06. The van der Waals surface area contributed by atoms with Crippen molar-refractivity contribution in [1.82, 2.24) is 0 Å². The van der Waals surface area contributed by atoms with Crippen LogP contribution in [0, 0.1) is 6.92 Å². The summed E-state index contributed by atoms with van der Waals surface area (Å²) in [6.45, 7) is 1.52. The van der Waals surface area contributed by atoms with Gasteiger partial charge in [-0.2, -0.15) is 26.3 Å². The predicted octanol–water partition coefficient (Wildman–Crippen LogP) is 5.05. The van der Waals surface area contributed by atoms with Gasteiger partial charge < -0.3 is 9.47 Å². The van der Waals surface area contributed by atoms with Crippen molar-refractivity contribution in [1.29, 1.82) is 0 Å². The van der Waals surface area contributed by atoms with Crippen LogP contribution in [0.5, 0.6) is 5.75 Å². The molecule has 0 saturated heterocycles. The summed E-state index contributed by atoms with van der Waals surface area (Å²) >= 11 is 0. The third-order valence-electron chi connectivity index (χ3n) is 4.22. The molecule has 4 nitrogen and oxygen atoms in total. The smallest absolute Gasteiger partial charge is 0.443 e. The number of aliphatic imine (C=N–C) groups is 2. The number of hydrogen-bond donors (Lipinski definition) is 0. The molecule has 1 aliphatic rings. The fourth-order valence-electron chi connectivity index (χ4n) is 2.66. The van der Waals surface area contributed by atoms with Gasteiger partial charge in [0.05, 0.1) is 7.11 Å². The predicted molar refractivity (Wildman–Crippen MR) is 93.2 cm³/mol. The summed E-state index contributed by atoms with van der Waals surface area (Å²) in [6.07, 6.45) is -11.7. The maximum absolute atomic E-state index is 13.7. The molecule has 2 aromatic rings. The lowest BCUT2D eigenvalue weighted by molar-refractivity contribution is -0.293. The normalized spacial score (nSPS) is 16.6. The van der Waals surface area contributed by atoms with Crippen molar-refractivity contribution in [3.63, 3.8) is 0 Å². The van der Waals surface area contributed by atoms with Gasteiger partial charge in [-0.1, -0.05) is 18.2 Å². The molecule has 0 saturated carbocycles. The summed E-state index contributed by atoms with van der Waals surface area (Å²) < 4.78 is 92.3. The molecule has 2 aromatic carbocycles. The molecule has 0 fully saturated rings. The number of rotatable bonds is 3. The Morgan fingerprint density at radius 3 is 1.90 bits per heavy atom. The molecule has 0 aromatic heterocycles. The first kappa shape index (κ1) is 20.7. The van der Waals surface area contributed by atoms with Crippen LogP contribution in [-0.4, -0.2) is 36.9 Å². The maximum Gasteiger partial charge on any atom is 0.443 e. The molecule has 0 radical (unpaired) electrons. The number of ether oxygens (including phenoxy) is 2. The second kappa shape index (κ2) is 7.09. The lowest BCUT2D eigenvalue weighted by Gasteiger charge is -2.34. The molecule has 1 aliphatic heterocycles. The van der Waals surface area contributed by atoms with E-state index in [-0.39, 0.29) is 11.1 Å². The molecule has 10 heteroatoms. The van der Waals surface area contributed by atoms with E-state index in [4.69, 9.17) is 9.47 Å². The minimum atomic E-state index is -5.85. The number of hydrogen-bond acceptors (Lipinski definition) is 4. The highest BCUT2D eigenvalue weighted by atomic mass is 19.4. The van der Waals surface area contributed by atoms with Crippen molar-refractivity contribution in [2.75, 3.05) is 7.11 Å². The van der Waals surface area contributed by atoms with Gasteiger partial charge in [0.2, 0.25) is 11.8 Å². The van der Waals surface area contributed by atoms with Gasteiger partial charge in [0.1, 0.15) is 5.75 Å². The number of halogens is 6. The second-order valence-electron chi connectivity index (χ2n) is 6.15. The zero-order valence-electron chi connectivity index (χ0n) is 15.1. The van der Waals surface area contributed by atoms with Crippen molar-refractivity contribution in [3.8, 4) is 5.75 Å². The number of benzene rings is 2. The Labute approximate surface area is 161 Å². The van der Waals surface area contributed by atoms with E-state index in [1.54, 1.807) is 6.07 Å². The first-order valence-electron chi connectivity index (χ1n) is 8.20. The summed E-state index contributed by atoms with van der Waals surface area (Å²) in [7, 11) is 1.37. The molecule has 0 amide bonds. The van der Waals surface area contributed by atoms with Crippen LogP contribution >= 0.6 is 0 Å². The van der Waals surface area contributed by atoms with Gasteiger partial charge in [-0.05, 0) is 42.8 Å². The highest BCUT2D eigenvalue weighted by Crippen LogP contribution is 2.49. The average molecular weight is 416 g/mol. The molecule has 0 bridgehead atoms. The maximum atomic E-state index is 13.7. The van der Waals surface area contributed by atoms with Crippen LogP contribution < -0.4 is 4.74 Å². The van der Waals surface area contributed by atoms with Gasteiger partial charge in [0.15, 0.2) is 0 Å². The molecule has 1 heterocycles. The fourth-order valence-corrected chi connectivity index (χ4v) is 2.66. The highest BCUT2D eigenvalue weighted by Gasteiger charge is 2.74. The Morgan fingerprint density at radius 2 is 1.38 bits per heavy atom. The van der Waals surface area contributed by atoms with E-state index >= 15 is 0 Å². The quantitative estimate of drug-likeness (QED) is 0.658. The van der Waals surface area contributed by atoms with Crippen molar-refractivity contribution in [3.05, 3.63) is 65.2 Å².